The third-order valence-electron chi connectivity index (χ3n) is 5.88. The van der Waals surface area contributed by atoms with Crippen molar-refractivity contribution in [1.29, 1.82) is 0 Å². The van der Waals surface area contributed by atoms with Gasteiger partial charge in [0.2, 0.25) is 0 Å². The average Bonchev–Trinajstić information content (AvgIpc) is 2.73. The molecule has 166 valence electrons. The van der Waals surface area contributed by atoms with Crippen LogP contribution in [0.3, 0.4) is 0 Å². The van der Waals surface area contributed by atoms with Gasteiger partial charge < -0.3 is 24.6 Å². The first-order valence-electron chi connectivity index (χ1n) is 10.1. The average molecular weight is 448 g/mol. The first-order valence-corrected chi connectivity index (χ1v) is 10.1. The second kappa shape index (κ2) is 13.2. The lowest BCUT2D eigenvalue weighted by atomic mass is 9.95. The number of nitrogens with zero attached hydrogens (tertiary/aromatic N) is 2. The summed E-state index contributed by atoms with van der Waals surface area (Å²) < 4.78 is 10.0. The number of carbonyl (C=O) groups is 1. The molecule has 0 aromatic heterocycles. The Kier molecular flexibility index (Phi) is 11.7. The maximum absolute atomic E-state index is 11.1. The van der Waals surface area contributed by atoms with Gasteiger partial charge in [-0.2, -0.15) is 0 Å². The van der Waals surface area contributed by atoms with Gasteiger partial charge in [0.25, 0.3) is 0 Å². The molecule has 0 atom stereocenters. The van der Waals surface area contributed by atoms with E-state index < -0.39 is 0 Å². The zero-order valence-corrected chi connectivity index (χ0v) is 19.1. The molecule has 2 saturated heterocycles. The summed E-state index contributed by atoms with van der Waals surface area (Å²) in [4.78, 5) is 16.2. The normalized spacial score (nSPS) is 18.0. The summed E-state index contributed by atoms with van der Waals surface area (Å²) in [5.74, 6) is 1.18. The molecule has 1 aromatic carbocycles. The molecule has 2 fully saturated rings. The molecule has 1 N–H and O–H groups in total. The SMILES string of the molecule is COC(=O)COc1ccc(N2CCC(N(C)CC3CCNCC3)CC2)cc1.Cl.Cl. The van der Waals surface area contributed by atoms with Crippen LogP contribution in [0.4, 0.5) is 5.69 Å². The van der Waals surface area contributed by atoms with Crippen molar-refractivity contribution in [1.82, 2.24) is 10.2 Å². The van der Waals surface area contributed by atoms with Crippen molar-refractivity contribution in [3.63, 3.8) is 0 Å². The Labute approximate surface area is 187 Å². The first-order chi connectivity index (χ1) is 13.2. The van der Waals surface area contributed by atoms with E-state index >= 15 is 0 Å². The van der Waals surface area contributed by atoms with E-state index in [-0.39, 0.29) is 37.4 Å². The molecule has 29 heavy (non-hydrogen) atoms. The molecular formula is C21H35Cl2N3O3. The van der Waals surface area contributed by atoms with E-state index in [9.17, 15) is 4.79 Å². The number of hydrogen-bond acceptors (Lipinski definition) is 6. The second-order valence-corrected chi connectivity index (χ2v) is 7.71. The number of hydrogen-bond donors (Lipinski definition) is 1. The lowest BCUT2D eigenvalue weighted by Crippen LogP contribution is -2.45. The largest absolute Gasteiger partial charge is 0.482 e. The quantitative estimate of drug-likeness (QED) is 0.648. The van der Waals surface area contributed by atoms with E-state index in [1.807, 2.05) is 12.1 Å². The lowest BCUT2D eigenvalue weighted by molar-refractivity contribution is -0.142. The van der Waals surface area contributed by atoms with Gasteiger partial charge in [-0.1, -0.05) is 0 Å². The molecule has 8 heteroatoms. The first kappa shape index (κ1) is 25.8. The van der Waals surface area contributed by atoms with Gasteiger partial charge in [-0.05, 0) is 76.0 Å². The smallest absolute Gasteiger partial charge is 0.343 e. The molecule has 2 aliphatic heterocycles. The predicted octanol–water partition coefficient (Wildman–Crippen LogP) is 2.98. The summed E-state index contributed by atoms with van der Waals surface area (Å²) in [5.41, 5.74) is 1.22. The van der Waals surface area contributed by atoms with Crippen LogP contribution in [0.15, 0.2) is 24.3 Å². The molecule has 0 aliphatic carbocycles. The van der Waals surface area contributed by atoms with Gasteiger partial charge in [0.05, 0.1) is 7.11 Å². The van der Waals surface area contributed by atoms with E-state index in [1.54, 1.807) is 0 Å². The van der Waals surface area contributed by atoms with Gasteiger partial charge in [0.1, 0.15) is 5.75 Å². The van der Waals surface area contributed by atoms with Crippen LogP contribution in [0.2, 0.25) is 0 Å². The molecule has 2 heterocycles. The molecule has 0 spiro atoms. The molecule has 0 radical (unpaired) electrons. The third-order valence-corrected chi connectivity index (χ3v) is 5.88. The fourth-order valence-electron chi connectivity index (χ4n) is 4.14. The highest BCUT2D eigenvalue weighted by atomic mass is 35.5. The summed E-state index contributed by atoms with van der Waals surface area (Å²) in [7, 11) is 3.66. The Morgan fingerprint density at radius 3 is 2.31 bits per heavy atom. The topological polar surface area (TPSA) is 54.0 Å². The van der Waals surface area contributed by atoms with Crippen molar-refractivity contribution in [2.75, 3.05) is 58.4 Å². The number of carbonyl (C=O) groups excluding carboxylic acids is 1. The molecule has 6 nitrogen and oxygen atoms in total. The number of rotatable bonds is 7. The predicted molar refractivity (Wildman–Crippen MR) is 122 cm³/mol. The Balaban J connectivity index is 0.00000210. The van der Waals surface area contributed by atoms with Crippen molar-refractivity contribution >= 4 is 36.5 Å². The van der Waals surface area contributed by atoms with Crippen LogP contribution in [0.5, 0.6) is 5.75 Å². The number of esters is 1. The Morgan fingerprint density at radius 1 is 1.10 bits per heavy atom. The van der Waals surface area contributed by atoms with Crippen LogP contribution in [0.1, 0.15) is 25.7 Å². The summed E-state index contributed by atoms with van der Waals surface area (Å²) in [5, 5.41) is 3.45. The van der Waals surface area contributed by atoms with Crippen molar-refractivity contribution in [3.05, 3.63) is 24.3 Å². The van der Waals surface area contributed by atoms with Crippen LogP contribution in [-0.2, 0) is 9.53 Å². The van der Waals surface area contributed by atoms with Crippen LogP contribution in [-0.4, -0.2) is 70.4 Å². The number of anilines is 1. The van der Waals surface area contributed by atoms with Crippen molar-refractivity contribution in [3.8, 4) is 5.75 Å². The fourth-order valence-corrected chi connectivity index (χ4v) is 4.14. The number of ether oxygens (including phenoxy) is 2. The van der Waals surface area contributed by atoms with Gasteiger partial charge in [0, 0.05) is 31.4 Å². The van der Waals surface area contributed by atoms with Crippen molar-refractivity contribution in [2.24, 2.45) is 5.92 Å². The number of piperidine rings is 2. The highest BCUT2D eigenvalue weighted by Crippen LogP contribution is 2.25. The summed E-state index contributed by atoms with van der Waals surface area (Å²) in [6.45, 7) is 5.71. The molecule has 0 unspecified atom stereocenters. The molecule has 1 aromatic rings. The van der Waals surface area contributed by atoms with E-state index in [4.69, 9.17) is 4.74 Å². The molecular weight excluding hydrogens is 413 g/mol. The van der Waals surface area contributed by atoms with Crippen LogP contribution < -0.4 is 15.0 Å². The Bertz CT molecular complexity index is 589. The highest BCUT2D eigenvalue weighted by Gasteiger charge is 2.25. The number of benzene rings is 1. The van der Waals surface area contributed by atoms with E-state index in [1.165, 1.54) is 58.1 Å². The zero-order chi connectivity index (χ0) is 19.1. The van der Waals surface area contributed by atoms with Gasteiger partial charge in [-0.25, -0.2) is 4.79 Å². The number of methoxy groups -OCH3 is 1. The van der Waals surface area contributed by atoms with E-state index in [0.29, 0.717) is 11.8 Å². The van der Waals surface area contributed by atoms with E-state index in [2.05, 4.69) is 39.0 Å². The van der Waals surface area contributed by atoms with Gasteiger partial charge in [-0.15, -0.1) is 24.8 Å². The Morgan fingerprint density at radius 2 is 1.72 bits per heavy atom. The van der Waals surface area contributed by atoms with Gasteiger partial charge in [-0.3, -0.25) is 0 Å². The maximum Gasteiger partial charge on any atom is 0.343 e. The standard InChI is InChI=1S/C21H33N3O3.2ClH/c1-23(15-17-7-11-22-12-8-17)18-9-13-24(14-10-18)19-3-5-20(6-4-19)27-16-21(25)26-2;;/h3-6,17-18,22H,7-16H2,1-2H3;2*1H. The Hall–Kier alpha value is -1.21. The maximum atomic E-state index is 11.1. The monoisotopic (exact) mass is 447 g/mol. The highest BCUT2D eigenvalue weighted by molar-refractivity contribution is 5.85. The lowest BCUT2D eigenvalue weighted by Gasteiger charge is -2.39. The van der Waals surface area contributed by atoms with Crippen LogP contribution in [0.25, 0.3) is 0 Å². The fraction of sp³-hybridized carbons (Fsp3) is 0.667. The minimum absolute atomic E-state index is 0. The van der Waals surface area contributed by atoms with Gasteiger partial charge >= 0.3 is 5.97 Å². The minimum Gasteiger partial charge on any atom is -0.482 e. The van der Waals surface area contributed by atoms with Crippen molar-refractivity contribution < 1.29 is 14.3 Å². The summed E-state index contributed by atoms with van der Waals surface area (Å²) in [6, 6.07) is 8.69. The van der Waals surface area contributed by atoms with Crippen molar-refractivity contribution in [2.45, 2.75) is 31.7 Å². The molecule has 2 aliphatic rings. The van der Waals surface area contributed by atoms with Crippen LogP contribution >= 0.6 is 24.8 Å². The molecule has 0 bridgehead atoms. The van der Waals surface area contributed by atoms with Gasteiger partial charge in [0.15, 0.2) is 6.61 Å². The second-order valence-electron chi connectivity index (χ2n) is 7.71. The zero-order valence-electron chi connectivity index (χ0n) is 17.5. The number of halogens is 2. The van der Waals surface area contributed by atoms with E-state index in [0.717, 1.165) is 19.0 Å². The number of nitrogens with one attached hydrogen (secondary N) is 1. The molecule has 0 amide bonds. The minimum atomic E-state index is -0.366. The molecule has 3 rings (SSSR count). The molecule has 0 saturated carbocycles. The summed E-state index contributed by atoms with van der Waals surface area (Å²) >= 11 is 0. The summed E-state index contributed by atoms with van der Waals surface area (Å²) in [6.07, 6.45) is 5.05. The van der Waals surface area contributed by atoms with Crippen LogP contribution in [0, 0.1) is 5.92 Å². The third kappa shape index (κ3) is 7.85.